The molecule has 1 aliphatic rings. The van der Waals surface area contributed by atoms with Crippen LogP contribution in [0.3, 0.4) is 0 Å². The smallest absolute Gasteiger partial charge is 0.331 e. The first kappa shape index (κ1) is 15.6. The van der Waals surface area contributed by atoms with Gasteiger partial charge in [-0.2, -0.15) is 4.74 Å². The highest BCUT2D eigenvalue weighted by Gasteiger charge is 2.37. The predicted molar refractivity (Wildman–Crippen MR) is 90.3 cm³/mol. The fourth-order valence-corrected chi connectivity index (χ4v) is 2.43. The molecule has 24 heavy (non-hydrogen) atoms. The van der Waals surface area contributed by atoms with Crippen LogP contribution in [0.1, 0.15) is 0 Å². The Morgan fingerprint density at radius 1 is 0.958 bits per heavy atom. The third-order valence-electron chi connectivity index (χ3n) is 3.65. The summed E-state index contributed by atoms with van der Waals surface area (Å²) in [5.74, 6) is 0.514. The highest BCUT2D eigenvalue weighted by atomic mass is 16.5. The molecule has 1 heterocycles. The number of methoxy groups -OCH3 is 2. The van der Waals surface area contributed by atoms with Crippen LogP contribution < -0.4 is 9.64 Å². The molecule has 6 heteroatoms. The van der Waals surface area contributed by atoms with E-state index in [0.29, 0.717) is 21.9 Å². The largest absolute Gasteiger partial charge is 0.618 e. The first-order valence-electron chi connectivity index (χ1n) is 7.29. The summed E-state index contributed by atoms with van der Waals surface area (Å²) in [6, 6.07) is 15.5. The molecule has 6 nitrogen and oxygen atoms in total. The number of anilines is 1. The number of hydrogen-bond donors (Lipinski definition) is 0. The van der Waals surface area contributed by atoms with Gasteiger partial charge in [-0.3, -0.25) is 4.79 Å². The summed E-state index contributed by atoms with van der Waals surface area (Å²) in [7, 11) is 3.02. The average molecular weight is 324 g/mol. The maximum Gasteiger partial charge on any atom is 0.331 e. The molecular formula is C18H16N2O4. The van der Waals surface area contributed by atoms with Gasteiger partial charge in [-0.05, 0) is 24.3 Å². The lowest BCUT2D eigenvalue weighted by atomic mass is 10.2. The summed E-state index contributed by atoms with van der Waals surface area (Å²) in [6.07, 6.45) is 1.44. The average Bonchev–Trinajstić information content (AvgIpc) is 2.98. The minimum Gasteiger partial charge on any atom is -0.618 e. The Morgan fingerprint density at radius 2 is 1.62 bits per heavy atom. The van der Waals surface area contributed by atoms with Crippen molar-refractivity contribution in [1.29, 1.82) is 0 Å². The minimum absolute atomic E-state index is 0.00568. The highest BCUT2D eigenvalue weighted by Crippen LogP contribution is 2.27. The number of amides is 1. The fourth-order valence-electron chi connectivity index (χ4n) is 2.43. The number of nitrogens with zero attached hydrogens (tertiary/aromatic N) is 2. The van der Waals surface area contributed by atoms with Gasteiger partial charge in [0, 0.05) is 12.1 Å². The lowest BCUT2D eigenvalue weighted by Crippen LogP contribution is -2.31. The second kappa shape index (κ2) is 6.45. The third-order valence-corrected chi connectivity index (χ3v) is 3.65. The summed E-state index contributed by atoms with van der Waals surface area (Å²) in [4.78, 5) is 14.1. The number of benzene rings is 2. The van der Waals surface area contributed by atoms with Crippen molar-refractivity contribution in [2.24, 2.45) is 0 Å². The fraction of sp³-hybridized carbons (Fsp3) is 0.111. The van der Waals surface area contributed by atoms with E-state index in [9.17, 15) is 10.0 Å². The Hall–Kier alpha value is -3.28. The van der Waals surface area contributed by atoms with Crippen LogP contribution in [0.4, 0.5) is 11.4 Å². The lowest BCUT2D eigenvalue weighted by Gasteiger charge is -2.18. The molecule has 0 aliphatic carbocycles. The Kier molecular flexibility index (Phi) is 4.20. The number of para-hydroxylation sites is 1. The van der Waals surface area contributed by atoms with E-state index >= 15 is 0 Å². The zero-order chi connectivity index (χ0) is 17.1. The van der Waals surface area contributed by atoms with Crippen molar-refractivity contribution in [3.05, 3.63) is 71.8 Å². The maximum absolute atomic E-state index is 12.7. The number of carbonyl (C=O) groups is 1. The number of carbonyl (C=O) groups excluding carboxylic acids is 1. The van der Waals surface area contributed by atoms with Crippen LogP contribution in [0.25, 0.3) is 0 Å². The Balaban J connectivity index is 2.02. The van der Waals surface area contributed by atoms with Crippen LogP contribution in [0.5, 0.6) is 5.75 Å². The van der Waals surface area contributed by atoms with E-state index in [1.165, 1.54) is 18.1 Å². The molecular weight excluding hydrogens is 308 g/mol. The van der Waals surface area contributed by atoms with Crippen LogP contribution in [0.2, 0.25) is 0 Å². The molecule has 1 amide bonds. The van der Waals surface area contributed by atoms with Crippen LogP contribution in [-0.4, -0.2) is 30.6 Å². The van der Waals surface area contributed by atoms with Crippen molar-refractivity contribution >= 4 is 23.0 Å². The van der Waals surface area contributed by atoms with E-state index in [1.807, 2.05) is 0 Å². The van der Waals surface area contributed by atoms with E-state index in [2.05, 4.69) is 0 Å². The normalized spacial score (nSPS) is 16.0. The molecule has 0 spiro atoms. The van der Waals surface area contributed by atoms with Crippen molar-refractivity contribution in [2.45, 2.75) is 0 Å². The molecule has 0 fully saturated rings. The summed E-state index contributed by atoms with van der Waals surface area (Å²) in [6.45, 7) is 0. The predicted octanol–water partition coefficient (Wildman–Crippen LogP) is 2.81. The first-order valence-corrected chi connectivity index (χ1v) is 7.29. The van der Waals surface area contributed by atoms with Gasteiger partial charge in [0.15, 0.2) is 0 Å². The maximum atomic E-state index is 12.7. The molecule has 3 rings (SSSR count). The van der Waals surface area contributed by atoms with Gasteiger partial charge in [0.05, 0.1) is 26.0 Å². The zero-order valence-corrected chi connectivity index (χ0v) is 13.3. The second-order valence-electron chi connectivity index (χ2n) is 5.04. The van der Waals surface area contributed by atoms with Crippen molar-refractivity contribution < 1.29 is 19.0 Å². The van der Waals surface area contributed by atoms with Crippen molar-refractivity contribution in [1.82, 2.24) is 0 Å². The molecule has 0 unspecified atom stereocenters. The van der Waals surface area contributed by atoms with Gasteiger partial charge in [0.25, 0.3) is 5.71 Å². The Bertz CT molecular complexity index is 811. The highest BCUT2D eigenvalue weighted by molar-refractivity contribution is 6.49. The number of ether oxygens (including phenoxy) is 2. The molecule has 2 aromatic carbocycles. The van der Waals surface area contributed by atoms with Crippen LogP contribution in [0, 0.1) is 5.21 Å². The third kappa shape index (κ3) is 2.69. The Morgan fingerprint density at radius 3 is 2.21 bits per heavy atom. The molecule has 0 atom stereocenters. The molecule has 0 N–H and O–H groups in total. The molecule has 122 valence electrons. The van der Waals surface area contributed by atoms with Crippen molar-refractivity contribution in [2.75, 3.05) is 19.1 Å². The molecule has 0 bridgehead atoms. The monoisotopic (exact) mass is 324 g/mol. The van der Waals surface area contributed by atoms with Gasteiger partial charge < -0.3 is 14.7 Å². The van der Waals surface area contributed by atoms with E-state index in [-0.39, 0.29) is 11.6 Å². The van der Waals surface area contributed by atoms with Crippen LogP contribution in [-0.2, 0) is 9.53 Å². The summed E-state index contributed by atoms with van der Waals surface area (Å²) in [5, 5.41) is 12.5. The summed E-state index contributed by atoms with van der Waals surface area (Å²) >= 11 is 0. The quantitative estimate of drug-likeness (QED) is 0.493. The lowest BCUT2D eigenvalue weighted by molar-refractivity contribution is -0.358. The van der Waals surface area contributed by atoms with Gasteiger partial charge in [-0.15, -0.1) is 0 Å². The van der Waals surface area contributed by atoms with E-state index in [1.54, 1.807) is 61.7 Å². The van der Waals surface area contributed by atoms with Gasteiger partial charge in [-0.25, -0.2) is 4.90 Å². The summed E-state index contributed by atoms with van der Waals surface area (Å²) in [5.41, 5.74) is 0.961. The van der Waals surface area contributed by atoms with Gasteiger partial charge >= 0.3 is 5.91 Å². The van der Waals surface area contributed by atoms with Gasteiger partial charge in [0.1, 0.15) is 5.75 Å². The number of rotatable bonds is 4. The topological polar surface area (TPSA) is 64.8 Å². The second-order valence-corrected chi connectivity index (χ2v) is 5.04. The zero-order valence-electron chi connectivity index (χ0n) is 13.3. The molecule has 2 aromatic rings. The van der Waals surface area contributed by atoms with E-state index in [0.717, 1.165) is 0 Å². The van der Waals surface area contributed by atoms with Crippen molar-refractivity contribution in [3.8, 4) is 5.75 Å². The minimum atomic E-state index is -0.448. The number of hydrogen-bond acceptors (Lipinski definition) is 4. The molecule has 0 saturated heterocycles. The first-order chi connectivity index (χ1) is 11.7. The van der Waals surface area contributed by atoms with E-state index < -0.39 is 5.91 Å². The molecule has 1 aliphatic heterocycles. The van der Waals surface area contributed by atoms with E-state index in [4.69, 9.17) is 9.47 Å². The van der Waals surface area contributed by atoms with Gasteiger partial charge in [-0.1, -0.05) is 18.2 Å². The van der Waals surface area contributed by atoms with Crippen LogP contribution in [0.15, 0.2) is 66.6 Å². The SMILES string of the molecule is COC1=C/C(=[N+](/[O-])c2ccccc2)C(=O)N1c1ccc(OC)cc1. The van der Waals surface area contributed by atoms with Crippen LogP contribution >= 0.6 is 0 Å². The molecule has 0 saturated carbocycles. The summed E-state index contributed by atoms with van der Waals surface area (Å²) < 4.78 is 11.0. The van der Waals surface area contributed by atoms with Crippen molar-refractivity contribution in [3.63, 3.8) is 0 Å². The Labute approximate surface area is 139 Å². The standard InChI is InChI=1S/C18H16N2O4/c1-23-15-10-8-13(9-11-15)19-17(24-2)12-16(18(19)21)20(22)14-6-4-3-5-7-14/h3-12H,1-2H3/b20-16-. The van der Waals surface area contributed by atoms with Gasteiger partial charge in [0.2, 0.25) is 11.6 Å². The molecule has 0 radical (unpaired) electrons. The molecule has 0 aromatic heterocycles.